The van der Waals surface area contributed by atoms with Gasteiger partial charge in [-0.15, -0.1) is 0 Å². The molecule has 15 heavy (non-hydrogen) atoms. The van der Waals surface area contributed by atoms with Gasteiger partial charge in [-0.25, -0.2) is 19.4 Å². The standard InChI is InChI=1S/C8H5ClN4O2/c9-7-5(8(14)15)3-12-13(7)6-1-2-10-4-11-6/h1-4H,(H,14,15). The topological polar surface area (TPSA) is 80.9 Å². The van der Waals surface area contributed by atoms with Crippen molar-refractivity contribution in [3.63, 3.8) is 0 Å². The summed E-state index contributed by atoms with van der Waals surface area (Å²) in [6, 6.07) is 1.57. The normalized spacial score (nSPS) is 10.2. The summed E-state index contributed by atoms with van der Waals surface area (Å²) in [5, 5.41) is 12.6. The Labute approximate surface area is 89.2 Å². The van der Waals surface area contributed by atoms with Crippen LogP contribution in [0.1, 0.15) is 10.4 Å². The molecule has 0 atom stereocenters. The summed E-state index contributed by atoms with van der Waals surface area (Å²) in [5.41, 5.74) is -0.0599. The van der Waals surface area contributed by atoms with Crippen molar-refractivity contribution >= 4 is 17.6 Å². The molecule has 0 spiro atoms. The SMILES string of the molecule is O=C(O)c1cnn(-c2ccncn2)c1Cl. The molecule has 0 fully saturated rings. The molecule has 0 amide bonds. The molecule has 0 unspecified atom stereocenters. The van der Waals surface area contributed by atoms with E-state index in [9.17, 15) is 4.79 Å². The van der Waals surface area contributed by atoms with E-state index >= 15 is 0 Å². The first-order valence-electron chi connectivity index (χ1n) is 3.93. The van der Waals surface area contributed by atoms with Crippen LogP contribution < -0.4 is 0 Å². The largest absolute Gasteiger partial charge is 0.478 e. The van der Waals surface area contributed by atoms with Gasteiger partial charge in [0.15, 0.2) is 5.82 Å². The maximum atomic E-state index is 10.7. The fourth-order valence-corrected chi connectivity index (χ4v) is 1.31. The van der Waals surface area contributed by atoms with Crippen molar-refractivity contribution < 1.29 is 9.90 Å². The maximum Gasteiger partial charge on any atom is 0.340 e. The lowest BCUT2D eigenvalue weighted by Crippen LogP contribution is -2.01. The Morgan fingerprint density at radius 3 is 2.87 bits per heavy atom. The second kappa shape index (κ2) is 3.66. The Morgan fingerprint density at radius 2 is 2.33 bits per heavy atom. The molecule has 2 heterocycles. The highest BCUT2D eigenvalue weighted by atomic mass is 35.5. The van der Waals surface area contributed by atoms with Gasteiger partial charge in [-0.1, -0.05) is 11.6 Å². The zero-order valence-corrected chi connectivity index (χ0v) is 8.09. The molecule has 0 aliphatic rings. The lowest BCUT2D eigenvalue weighted by Gasteiger charge is -1.99. The number of nitrogens with zero attached hydrogens (tertiary/aromatic N) is 4. The van der Waals surface area contributed by atoms with Gasteiger partial charge in [-0.3, -0.25) is 0 Å². The molecule has 0 bridgehead atoms. The van der Waals surface area contributed by atoms with Gasteiger partial charge in [0, 0.05) is 12.3 Å². The van der Waals surface area contributed by atoms with Gasteiger partial charge < -0.3 is 5.11 Å². The van der Waals surface area contributed by atoms with E-state index in [2.05, 4.69) is 15.1 Å². The lowest BCUT2D eigenvalue weighted by atomic mass is 10.4. The Balaban J connectivity index is 2.52. The van der Waals surface area contributed by atoms with Crippen molar-refractivity contribution in [2.24, 2.45) is 0 Å². The van der Waals surface area contributed by atoms with Gasteiger partial charge in [-0.05, 0) is 0 Å². The van der Waals surface area contributed by atoms with Gasteiger partial charge in [-0.2, -0.15) is 5.10 Å². The highest BCUT2D eigenvalue weighted by molar-refractivity contribution is 6.32. The van der Waals surface area contributed by atoms with E-state index in [0.29, 0.717) is 5.82 Å². The second-order valence-electron chi connectivity index (χ2n) is 2.63. The van der Waals surface area contributed by atoms with Crippen LogP contribution >= 0.6 is 11.6 Å². The van der Waals surface area contributed by atoms with Gasteiger partial charge in [0.1, 0.15) is 17.0 Å². The molecule has 2 aromatic rings. The van der Waals surface area contributed by atoms with E-state index < -0.39 is 5.97 Å². The van der Waals surface area contributed by atoms with Crippen molar-refractivity contribution in [3.05, 3.63) is 35.5 Å². The Hall–Kier alpha value is -1.95. The molecule has 0 saturated heterocycles. The van der Waals surface area contributed by atoms with Gasteiger partial charge in [0.2, 0.25) is 0 Å². The third kappa shape index (κ3) is 1.66. The summed E-state index contributed by atoms with van der Waals surface area (Å²) in [7, 11) is 0. The predicted octanol–water partition coefficient (Wildman–Crippen LogP) is 1.01. The molecule has 2 aromatic heterocycles. The molecule has 6 nitrogen and oxygen atoms in total. The van der Waals surface area contributed by atoms with Crippen LogP contribution in [0.2, 0.25) is 5.15 Å². The highest BCUT2D eigenvalue weighted by Crippen LogP contribution is 2.18. The quantitative estimate of drug-likeness (QED) is 0.824. The zero-order valence-electron chi connectivity index (χ0n) is 7.33. The number of carbonyl (C=O) groups is 1. The van der Waals surface area contributed by atoms with Crippen LogP contribution in [0.25, 0.3) is 5.82 Å². The summed E-state index contributed by atoms with van der Waals surface area (Å²) in [5.74, 6) is -0.706. The summed E-state index contributed by atoms with van der Waals surface area (Å²) < 4.78 is 1.23. The molecule has 0 aliphatic heterocycles. The molecule has 0 aliphatic carbocycles. The smallest absolute Gasteiger partial charge is 0.340 e. The maximum absolute atomic E-state index is 10.7. The molecule has 7 heteroatoms. The van der Waals surface area contributed by atoms with Gasteiger partial charge in [0.05, 0.1) is 6.20 Å². The molecule has 76 valence electrons. The molecule has 0 saturated carbocycles. The summed E-state index contributed by atoms with van der Waals surface area (Å²) in [6.45, 7) is 0. The zero-order chi connectivity index (χ0) is 10.8. The van der Waals surface area contributed by atoms with Crippen molar-refractivity contribution in [3.8, 4) is 5.82 Å². The number of hydrogen-bond acceptors (Lipinski definition) is 4. The van der Waals surface area contributed by atoms with Crippen LogP contribution in [0.5, 0.6) is 0 Å². The van der Waals surface area contributed by atoms with Gasteiger partial charge >= 0.3 is 5.97 Å². The average Bonchev–Trinajstić information content (AvgIpc) is 2.61. The molecule has 0 aromatic carbocycles. The molecular weight excluding hydrogens is 220 g/mol. The summed E-state index contributed by atoms with van der Waals surface area (Å²) in [4.78, 5) is 18.3. The molecular formula is C8H5ClN4O2. The number of hydrogen-bond donors (Lipinski definition) is 1. The van der Waals surface area contributed by atoms with Crippen LogP contribution in [0.4, 0.5) is 0 Å². The highest BCUT2D eigenvalue weighted by Gasteiger charge is 2.15. The Kier molecular flexibility index (Phi) is 2.34. The fraction of sp³-hybridized carbons (Fsp3) is 0. The Morgan fingerprint density at radius 1 is 1.53 bits per heavy atom. The summed E-state index contributed by atoms with van der Waals surface area (Å²) in [6.07, 6.45) is 4.02. The molecule has 1 N–H and O–H groups in total. The Bertz CT molecular complexity index is 497. The minimum atomic E-state index is -1.12. The van der Waals surface area contributed by atoms with E-state index in [1.54, 1.807) is 6.07 Å². The first-order valence-corrected chi connectivity index (χ1v) is 4.31. The third-order valence-corrected chi connectivity index (χ3v) is 2.09. The lowest BCUT2D eigenvalue weighted by molar-refractivity contribution is 0.0697. The van der Waals surface area contributed by atoms with Crippen molar-refractivity contribution in [2.45, 2.75) is 0 Å². The van der Waals surface area contributed by atoms with Crippen molar-refractivity contribution in [1.82, 2.24) is 19.7 Å². The molecule has 0 radical (unpaired) electrons. The minimum absolute atomic E-state index is 0.0150. The number of carboxylic acid groups (broad SMARTS) is 1. The van der Waals surface area contributed by atoms with E-state index in [0.717, 1.165) is 0 Å². The number of carboxylic acids is 1. The number of halogens is 1. The van der Waals surface area contributed by atoms with Crippen molar-refractivity contribution in [1.29, 1.82) is 0 Å². The second-order valence-corrected chi connectivity index (χ2v) is 2.99. The van der Waals surface area contributed by atoms with E-state index in [1.807, 2.05) is 0 Å². The van der Waals surface area contributed by atoms with E-state index in [4.69, 9.17) is 16.7 Å². The van der Waals surface area contributed by atoms with Crippen LogP contribution in [0.15, 0.2) is 24.8 Å². The van der Waals surface area contributed by atoms with Gasteiger partial charge in [0.25, 0.3) is 0 Å². The molecule has 2 rings (SSSR count). The summed E-state index contributed by atoms with van der Waals surface area (Å²) >= 11 is 5.81. The third-order valence-electron chi connectivity index (χ3n) is 1.72. The number of aromatic nitrogens is 4. The van der Waals surface area contributed by atoms with Crippen LogP contribution in [-0.2, 0) is 0 Å². The number of rotatable bonds is 2. The van der Waals surface area contributed by atoms with Crippen molar-refractivity contribution in [2.75, 3.05) is 0 Å². The van der Waals surface area contributed by atoms with E-state index in [-0.39, 0.29) is 10.7 Å². The number of aromatic carboxylic acids is 1. The predicted molar refractivity (Wildman–Crippen MR) is 51.1 cm³/mol. The van der Waals surface area contributed by atoms with E-state index in [1.165, 1.54) is 23.4 Å². The fourth-order valence-electron chi connectivity index (χ4n) is 1.05. The average molecular weight is 225 g/mol. The van der Waals surface area contributed by atoms with Crippen LogP contribution in [0.3, 0.4) is 0 Å². The minimum Gasteiger partial charge on any atom is -0.478 e. The first kappa shape index (κ1) is 9.60. The first-order chi connectivity index (χ1) is 7.20. The monoisotopic (exact) mass is 224 g/mol. The van der Waals surface area contributed by atoms with Crippen LogP contribution in [0, 0.1) is 0 Å². The van der Waals surface area contributed by atoms with Crippen LogP contribution in [-0.4, -0.2) is 30.8 Å².